The fourth-order valence-corrected chi connectivity index (χ4v) is 2.98. The smallest absolute Gasteiger partial charge is 0.304 e. The Hall–Kier alpha value is -0.610. The molecule has 0 aromatic carbocycles. The molecule has 0 aromatic heterocycles. The van der Waals surface area contributed by atoms with Crippen molar-refractivity contribution in [3.63, 3.8) is 0 Å². The summed E-state index contributed by atoms with van der Waals surface area (Å²) in [5.41, 5.74) is 6.00. The molecule has 2 fully saturated rings. The summed E-state index contributed by atoms with van der Waals surface area (Å²) in [5.74, 6) is -0.215. The first kappa shape index (κ1) is 10.9. The van der Waals surface area contributed by atoms with Crippen LogP contribution < -0.4 is 5.73 Å². The summed E-state index contributed by atoms with van der Waals surface area (Å²) in [6.07, 6.45) is 4.96. The second kappa shape index (κ2) is 4.10. The van der Waals surface area contributed by atoms with Crippen molar-refractivity contribution >= 4 is 5.97 Å². The zero-order valence-electron chi connectivity index (χ0n) is 8.95. The lowest BCUT2D eigenvalue weighted by atomic mass is 9.67. The molecule has 1 saturated carbocycles. The zero-order valence-corrected chi connectivity index (χ0v) is 8.95. The summed E-state index contributed by atoms with van der Waals surface area (Å²) in [4.78, 5) is 10.7. The molecule has 15 heavy (non-hydrogen) atoms. The molecule has 4 nitrogen and oxygen atoms in total. The maximum Gasteiger partial charge on any atom is 0.304 e. The topological polar surface area (TPSA) is 72.6 Å². The first-order valence-electron chi connectivity index (χ1n) is 5.70. The molecule has 3 N–H and O–H groups in total. The predicted octanol–water partition coefficient (Wildman–Crippen LogP) is 0.995. The Morgan fingerprint density at radius 2 is 2.07 bits per heavy atom. The van der Waals surface area contributed by atoms with Crippen LogP contribution in [-0.2, 0) is 9.53 Å². The van der Waals surface area contributed by atoms with Crippen molar-refractivity contribution in [3.8, 4) is 0 Å². The quantitative estimate of drug-likeness (QED) is 0.730. The summed E-state index contributed by atoms with van der Waals surface area (Å²) >= 11 is 0. The van der Waals surface area contributed by atoms with Crippen molar-refractivity contribution in [2.24, 2.45) is 17.1 Å². The summed E-state index contributed by atoms with van der Waals surface area (Å²) in [7, 11) is 0. The molecule has 2 aliphatic rings. The third kappa shape index (κ3) is 1.88. The van der Waals surface area contributed by atoms with Crippen LogP contribution in [0.3, 0.4) is 0 Å². The first-order valence-corrected chi connectivity index (χ1v) is 5.70. The van der Waals surface area contributed by atoms with Crippen LogP contribution in [0.5, 0.6) is 0 Å². The molecule has 1 unspecified atom stereocenters. The van der Waals surface area contributed by atoms with Gasteiger partial charge in [-0.2, -0.15) is 0 Å². The van der Waals surface area contributed by atoms with Gasteiger partial charge in [-0.15, -0.1) is 0 Å². The van der Waals surface area contributed by atoms with Crippen molar-refractivity contribution in [3.05, 3.63) is 0 Å². The van der Waals surface area contributed by atoms with Gasteiger partial charge in [0, 0.05) is 11.5 Å². The van der Waals surface area contributed by atoms with Crippen molar-refractivity contribution in [2.75, 3.05) is 13.2 Å². The molecule has 1 aliphatic heterocycles. The third-order valence-electron chi connectivity index (χ3n) is 4.04. The number of aliphatic carboxylic acids is 1. The molecule has 2 rings (SSSR count). The molecule has 1 atom stereocenters. The van der Waals surface area contributed by atoms with Crippen LogP contribution in [0.1, 0.15) is 32.1 Å². The van der Waals surface area contributed by atoms with E-state index in [1.54, 1.807) is 0 Å². The monoisotopic (exact) mass is 213 g/mol. The number of nitrogens with two attached hydrogens (primary N) is 1. The van der Waals surface area contributed by atoms with Crippen LogP contribution in [0.15, 0.2) is 0 Å². The van der Waals surface area contributed by atoms with E-state index in [2.05, 4.69) is 0 Å². The Balaban J connectivity index is 2.03. The maximum absolute atomic E-state index is 10.7. The van der Waals surface area contributed by atoms with Crippen LogP contribution in [-0.4, -0.2) is 30.3 Å². The van der Waals surface area contributed by atoms with Gasteiger partial charge < -0.3 is 15.6 Å². The lowest BCUT2D eigenvalue weighted by Crippen LogP contribution is -2.59. The lowest BCUT2D eigenvalue weighted by molar-refractivity contribution is -0.165. The van der Waals surface area contributed by atoms with E-state index < -0.39 is 5.97 Å². The van der Waals surface area contributed by atoms with Crippen LogP contribution in [0.4, 0.5) is 0 Å². The molecular formula is C11H19NO3. The van der Waals surface area contributed by atoms with E-state index in [1.807, 2.05) is 0 Å². The molecule has 0 aromatic rings. The van der Waals surface area contributed by atoms with Gasteiger partial charge in [-0.05, 0) is 18.8 Å². The highest BCUT2D eigenvalue weighted by Crippen LogP contribution is 2.47. The molecule has 0 radical (unpaired) electrons. The van der Waals surface area contributed by atoms with E-state index in [0.717, 1.165) is 0 Å². The van der Waals surface area contributed by atoms with Gasteiger partial charge >= 0.3 is 5.97 Å². The zero-order chi connectivity index (χ0) is 10.9. The normalized spacial score (nSPS) is 27.3. The van der Waals surface area contributed by atoms with Gasteiger partial charge in [-0.3, -0.25) is 4.79 Å². The molecule has 0 amide bonds. The molecule has 0 bridgehead atoms. The van der Waals surface area contributed by atoms with Crippen LogP contribution >= 0.6 is 0 Å². The number of carboxylic acid groups (broad SMARTS) is 1. The number of hydrogen-bond acceptors (Lipinski definition) is 3. The highest BCUT2D eigenvalue weighted by Gasteiger charge is 2.50. The average Bonchev–Trinajstić information content (AvgIpc) is 2.53. The fraction of sp³-hybridized carbons (Fsp3) is 0.909. The number of hydrogen-bond donors (Lipinski definition) is 2. The van der Waals surface area contributed by atoms with E-state index in [4.69, 9.17) is 15.6 Å². The Morgan fingerprint density at radius 1 is 1.47 bits per heavy atom. The van der Waals surface area contributed by atoms with E-state index in [0.29, 0.717) is 19.1 Å². The van der Waals surface area contributed by atoms with E-state index in [1.165, 1.54) is 25.7 Å². The average molecular weight is 213 g/mol. The molecule has 1 saturated heterocycles. The fourth-order valence-electron chi connectivity index (χ4n) is 2.98. The minimum atomic E-state index is -0.799. The molecule has 1 aliphatic carbocycles. The first-order chi connectivity index (χ1) is 7.15. The van der Waals surface area contributed by atoms with Crippen molar-refractivity contribution in [1.82, 2.24) is 0 Å². The highest BCUT2D eigenvalue weighted by molar-refractivity contribution is 5.67. The minimum Gasteiger partial charge on any atom is -0.481 e. The van der Waals surface area contributed by atoms with Gasteiger partial charge in [0.2, 0.25) is 0 Å². The highest BCUT2D eigenvalue weighted by atomic mass is 16.5. The molecule has 1 heterocycles. The molecular weight excluding hydrogens is 194 g/mol. The third-order valence-corrected chi connectivity index (χ3v) is 4.04. The van der Waals surface area contributed by atoms with Crippen molar-refractivity contribution in [2.45, 2.75) is 38.1 Å². The van der Waals surface area contributed by atoms with Gasteiger partial charge in [-0.25, -0.2) is 0 Å². The Morgan fingerprint density at radius 3 is 2.47 bits per heavy atom. The number of carboxylic acids is 1. The maximum atomic E-state index is 10.7. The molecule has 4 heteroatoms. The minimum absolute atomic E-state index is 0.0328. The summed E-state index contributed by atoms with van der Waals surface area (Å²) in [6, 6.07) is -0.244. The number of rotatable bonds is 4. The summed E-state index contributed by atoms with van der Waals surface area (Å²) in [5, 5.41) is 8.79. The Labute approximate surface area is 89.8 Å². The standard InChI is InChI=1S/C11H19NO3/c12-9(5-10(13)14)11(6-15-7-11)8-3-1-2-4-8/h8-9H,1-7,12H2,(H,13,14). The van der Waals surface area contributed by atoms with Gasteiger partial charge in [0.15, 0.2) is 0 Å². The Kier molecular flexibility index (Phi) is 2.98. The van der Waals surface area contributed by atoms with Gasteiger partial charge in [-0.1, -0.05) is 12.8 Å². The lowest BCUT2D eigenvalue weighted by Gasteiger charge is -2.49. The number of carbonyl (C=O) groups is 1. The van der Waals surface area contributed by atoms with Crippen molar-refractivity contribution < 1.29 is 14.6 Å². The van der Waals surface area contributed by atoms with Gasteiger partial charge in [0.25, 0.3) is 0 Å². The van der Waals surface area contributed by atoms with Gasteiger partial charge in [0.05, 0.1) is 19.6 Å². The summed E-state index contributed by atoms with van der Waals surface area (Å²) in [6.45, 7) is 1.32. The predicted molar refractivity (Wildman–Crippen MR) is 55.4 cm³/mol. The van der Waals surface area contributed by atoms with E-state index in [-0.39, 0.29) is 17.9 Å². The second-order valence-corrected chi connectivity index (χ2v) is 4.91. The van der Waals surface area contributed by atoms with E-state index in [9.17, 15) is 4.79 Å². The van der Waals surface area contributed by atoms with Crippen LogP contribution in [0, 0.1) is 11.3 Å². The molecule has 0 spiro atoms. The SMILES string of the molecule is NC(CC(=O)O)C1(C2CCCC2)COC1. The second-order valence-electron chi connectivity index (χ2n) is 4.91. The van der Waals surface area contributed by atoms with Crippen molar-refractivity contribution in [1.29, 1.82) is 0 Å². The largest absolute Gasteiger partial charge is 0.481 e. The van der Waals surface area contributed by atoms with E-state index >= 15 is 0 Å². The van der Waals surface area contributed by atoms with Crippen LogP contribution in [0.25, 0.3) is 0 Å². The van der Waals surface area contributed by atoms with Gasteiger partial charge in [0.1, 0.15) is 0 Å². The summed E-state index contributed by atoms with van der Waals surface area (Å²) < 4.78 is 5.28. The Bertz CT molecular complexity index is 244. The molecule has 86 valence electrons. The van der Waals surface area contributed by atoms with Crippen LogP contribution in [0.2, 0.25) is 0 Å². The number of ether oxygens (including phenoxy) is 1.